The molecule has 0 radical (unpaired) electrons. The molecular formula is C64H115N11O14. The molecule has 1 heterocycles. The summed E-state index contributed by atoms with van der Waals surface area (Å²) in [4.78, 5) is 170. The van der Waals surface area contributed by atoms with E-state index in [4.69, 9.17) is 4.74 Å². The Balaban J connectivity index is 4.45. The van der Waals surface area contributed by atoms with Crippen LogP contribution in [0.1, 0.15) is 150 Å². The molecule has 0 aromatic rings. The van der Waals surface area contributed by atoms with Crippen LogP contribution in [0.5, 0.6) is 0 Å². The maximum absolute atomic E-state index is 15.3. The van der Waals surface area contributed by atoms with Crippen molar-refractivity contribution in [3.63, 3.8) is 0 Å². The van der Waals surface area contributed by atoms with E-state index < -0.39 is 174 Å². The summed E-state index contributed by atoms with van der Waals surface area (Å²) < 4.78 is 5.62. The highest BCUT2D eigenvalue weighted by molar-refractivity contribution is 6.00. The van der Waals surface area contributed by atoms with Gasteiger partial charge in [-0.05, 0) is 86.9 Å². The van der Waals surface area contributed by atoms with Crippen molar-refractivity contribution in [3.8, 4) is 0 Å². The van der Waals surface area contributed by atoms with Gasteiger partial charge < -0.3 is 70.5 Å². The number of aliphatic hydroxyl groups excluding tert-OH is 2. The van der Waals surface area contributed by atoms with Gasteiger partial charge in [0.05, 0.1) is 32.5 Å². The van der Waals surface area contributed by atoms with Crippen molar-refractivity contribution < 1.29 is 67.7 Å². The molecule has 89 heavy (non-hydrogen) atoms. The van der Waals surface area contributed by atoms with Crippen LogP contribution in [0.3, 0.4) is 0 Å². The van der Waals surface area contributed by atoms with Gasteiger partial charge in [-0.2, -0.15) is 0 Å². The van der Waals surface area contributed by atoms with E-state index in [1.165, 1.54) is 75.9 Å². The van der Waals surface area contributed by atoms with Gasteiger partial charge in [-0.1, -0.05) is 116 Å². The first-order valence-corrected chi connectivity index (χ1v) is 31.6. The number of ether oxygens (including phenoxy) is 1. The van der Waals surface area contributed by atoms with Crippen LogP contribution >= 0.6 is 0 Å². The van der Waals surface area contributed by atoms with Gasteiger partial charge in [-0.3, -0.25) is 52.7 Å². The van der Waals surface area contributed by atoms with Crippen LogP contribution < -0.4 is 21.3 Å². The third-order valence-electron chi connectivity index (χ3n) is 16.5. The fraction of sp³-hybridized carbons (Fsp3) is 0.797. The predicted octanol–water partition coefficient (Wildman–Crippen LogP) is 2.26. The minimum atomic E-state index is -1.64. The van der Waals surface area contributed by atoms with Crippen LogP contribution in [-0.4, -0.2) is 252 Å². The molecule has 0 aromatic heterocycles. The van der Waals surface area contributed by atoms with Crippen LogP contribution in [0.15, 0.2) is 12.2 Å². The Hall–Kier alpha value is -6.21. The molecule has 1 aliphatic rings. The standard InChI is InChI=1S/C64H115N11O14/c1-25-27-28-41(13)52(78)51-57(82)66-43(26-2)58(83)69(18)34-48(77)70(19)45(31-36(3)4)56(81)68-49(39(9)10)61(86)71(20)46(32-37(5)6)55(80)65-42(14)54(79)67-44(35-89-30-29-76)59(84)72(21)47(33-38(7)8)60(85)75(24)53(64(15,16)17)63(88)73(22)50(40(11)12)62(87)74(51)23/h25,27,36-47,49-53,76,78H,26,28-35H2,1-24H3,(H,65,80)(H,66,82)(H,67,79)(H,68,81)/b27-25+. The smallest absolute Gasteiger partial charge is 0.247 e. The van der Waals surface area contributed by atoms with E-state index >= 15 is 14.4 Å². The van der Waals surface area contributed by atoms with Crippen molar-refractivity contribution in [1.82, 2.24) is 55.6 Å². The summed E-state index contributed by atoms with van der Waals surface area (Å²) in [5.74, 6) is -10.4. The molecule has 1 rings (SSSR count). The first-order chi connectivity index (χ1) is 41.1. The molecular weight excluding hydrogens is 1150 g/mol. The summed E-state index contributed by atoms with van der Waals surface area (Å²) in [7, 11) is 9.73. The van der Waals surface area contributed by atoms with Crippen LogP contribution in [0.2, 0.25) is 0 Å². The molecule has 12 unspecified atom stereocenters. The van der Waals surface area contributed by atoms with E-state index in [0.717, 1.165) is 14.7 Å². The maximum Gasteiger partial charge on any atom is 0.247 e. The Morgan fingerprint density at radius 2 is 1.03 bits per heavy atom. The first kappa shape index (κ1) is 80.8. The van der Waals surface area contributed by atoms with Crippen LogP contribution in [0, 0.1) is 40.9 Å². The van der Waals surface area contributed by atoms with Gasteiger partial charge in [0.25, 0.3) is 0 Å². The van der Waals surface area contributed by atoms with E-state index in [-0.39, 0.29) is 50.0 Å². The average Bonchev–Trinajstić information content (AvgIpc) is 2.30. The lowest BCUT2D eigenvalue weighted by Crippen LogP contribution is -2.65. The molecule has 6 N–H and O–H groups in total. The van der Waals surface area contributed by atoms with Gasteiger partial charge >= 0.3 is 0 Å². The Kier molecular flexibility index (Phi) is 33.2. The van der Waals surface area contributed by atoms with Crippen LogP contribution in [-0.2, 0) is 57.5 Å². The molecule has 12 atom stereocenters. The lowest BCUT2D eigenvalue weighted by atomic mass is 9.83. The molecule has 11 amide bonds. The van der Waals surface area contributed by atoms with Gasteiger partial charge in [0.15, 0.2) is 0 Å². The number of aliphatic hydroxyl groups is 2. The normalized spacial score (nSPS) is 26.4. The van der Waals surface area contributed by atoms with Crippen molar-refractivity contribution in [1.29, 1.82) is 0 Å². The highest BCUT2D eigenvalue weighted by Crippen LogP contribution is 2.30. The number of nitrogens with one attached hydrogen (secondary N) is 4. The average molecular weight is 1260 g/mol. The molecule has 1 fully saturated rings. The highest BCUT2D eigenvalue weighted by Gasteiger charge is 2.48. The van der Waals surface area contributed by atoms with Crippen molar-refractivity contribution in [2.75, 3.05) is 75.7 Å². The number of carbonyl (C=O) groups excluding carboxylic acids is 11. The number of nitrogens with zero attached hydrogens (tertiary/aromatic N) is 7. The zero-order valence-corrected chi connectivity index (χ0v) is 58.3. The van der Waals surface area contributed by atoms with E-state index in [1.807, 2.05) is 41.5 Å². The summed E-state index contributed by atoms with van der Waals surface area (Å²) in [6.45, 7) is 27.9. The summed E-state index contributed by atoms with van der Waals surface area (Å²) in [5, 5.41) is 32.7. The lowest BCUT2D eigenvalue weighted by molar-refractivity contribution is -0.160. The summed E-state index contributed by atoms with van der Waals surface area (Å²) in [5.41, 5.74) is -1.03. The second kappa shape index (κ2) is 36.6. The van der Waals surface area contributed by atoms with Gasteiger partial charge in [-0.25, -0.2) is 0 Å². The van der Waals surface area contributed by atoms with E-state index in [1.54, 1.807) is 81.4 Å². The summed E-state index contributed by atoms with van der Waals surface area (Å²) in [6, 6.07) is -13.2. The van der Waals surface area contributed by atoms with E-state index in [0.29, 0.717) is 6.42 Å². The largest absolute Gasteiger partial charge is 0.394 e. The molecule has 25 heteroatoms. The summed E-state index contributed by atoms with van der Waals surface area (Å²) >= 11 is 0. The lowest BCUT2D eigenvalue weighted by Gasteiger charge is -2.44. The second-order valence-electron chi connectivity index (χ2n) is 27.3. The number of likely N-dealkylation sites (N-methyl/N-ethyl adjacent to an activating group) is 7. The monoisotopic (exact) mass is 1260 g/mol. The molecule has 0 aromatic carbocycles. The Morgan fingerprint density at radius 1 is 0.551 bits per heavy atom. The van der Waals surface area contributed by atoms with Gasteiger partial charge in [-0.15, -0.1) is 0 Å². The van der Waals surface area contributed by atoms with Crippen LogP contribution in [0.25, 0.3) is 0 Å². The predicted molar refractivity (Wildman–Crippen MR) is 341 cm³/mol. The number of carbonyl (C=O) groups is 11. The van der Waals surface area contributed by atoms with Crippen LogP contribution in [0.4, 0.5) is 0 Å². The fourth-order valence-electron chi connectivity index (χ4n) is 11.1. The Bertz CT molecular complexity index is 2430. The minimum Gasteiger partial charge on any atom is -0.394 e. The number of hydrogen-bond acceptors (Lipinski definition) is 14. The fourth-order valence-corrected chi connectivity index (χ4v) is 11.1. The molecule has 25 nitrogen and oxygen atoms in total. The molecule has 0 spiro atoms. The van der Waals surface area contributed by atoms with Crippen molar-refractivity contribution in [2.24, 2.45) is 40.9 Å². The zero-order chi connectivity index (χ0) is 69.0. The number of allylic oxidation sites excluding steroid dienone is 2. The second-order valence-corrected chi connectivity index (χ2v) is 27.3. The molecule has 1 saturated heterocycles. The number of rotatable bonds is 17. The third kappa shape index (κ3) is 22.9. The highest BCUT2D eigenvalue weighted by atomic mass is 16.5. The van der Waals surface area contributed by atoms with Crippen molar-refractivity contribution >= 4 is 65.0 Å². The van der Waals surface area contributed by atoms with Gasteiger partial charge in [0.1, 0.15) is 60.4 Å². The molecule has 510 valence electrons. The molecule has 0 bridgehead atoms. The Morgan fingerprint density at radius 3 is 1.51 bits per heavy atom. The van der Waals surface area contributed by atoms with Gasteiger partial charge in [0.2, 0.25) is 65.0 Å². The van der Waals surface area contributed by atoms with Crippen molar-refractivity contribution in [2.45, 2.75) is 216 Å². The minimum absolute atomic E-state index is 0.00655. The van der Waals surface area contributed by atoms with Crippen molar-refractivity contribution in [3.05, 3.63) is 12.2 Å². The van der Waals surface area contributed by atoms with Gasteiger partial charge in [0, 0.05) is 49.3 Å². The summed E-state index contributed by atoms with van der Waals surface area (Å²) in [6.07, 6.45) is 2.67. The zero-order valence-electron chi connectivity index (χ0n) is 58.3. The maximum atomic E-state index is 15.3. The quantitative estimate of drug-likeness (QED) is 0.0900. The first-order valence-electron chi connectivity index (χ1n) is 31.6. The SMILES string of the molecule is C/C=C/CC(C)C(O)C1C(=O)NC(CC)C(=O)N(C)CC(=O)N(C)C(CC(C)C)C(=O)NC(C(C)C)C(=O)N(C)C(CC(C)C)C(=O)NC(C)C(=O)NC(COCCO)C(=O)N(C)C(CC(C)C)C(=O)N(C)C(C(C)(C)C)C(=O)N(C)C(C(C)C)C(=O)N1C. The third-order valence-corrected chi connectivity index (χ3v) is 16.5. The Labute approximate surface area is 531 Å². The molecule has 0 saturated carbocycles. The van der Waals surface area contributed by atoms with E-state index in [2.05, 4.69) is 21.3 Å². The topological polar surface area (TPSA) is 308 Å². The van der Waals surface area contributed by atoms with E-state index in [9.17, 15) is 48.6 Å². The molecule has 0 aliphatic carbocycles. The number of hydrogen-bond donors (Lipinski definition) is 6. The number of amides is 11. The molecule has 1 aliphatic heterocycles.